The number of ether oxygens (including phenoxy) is 2. The molecule has 0 spiro atoms. The van der Waals surface area contributed by atoms with Crippen LogP contribution in [0.3, 0.4) is 0 Å². The third kappa shape index (κ3) is 5.26. The normalized spacial score (nSPS) is 14.6. The minimum absolute atomic E-state index is 0.0288. The van der Waals surface area contributed by atoms with Crippen LogP contribution in [-0.4, -0.2) is 28.7 Å². The largest absolute Gasteiger partial charge is 0.486 e. The van der Waals surface area contributed by atoms with Gasteiger partial charge < -0.3 is 19.4 Å². The zero-order chi connectivity index (χ0) is 21.6. The molecule has 0 radical (unpaired) electrons. The van der Waals surface area contributed by atoms with Crippen molar-refractivity contribution in [1.82, 2.24) is 14.9 Å². The van der Waals surface area contributed by atoms with Gasteiger partial charge in [-0.2, -0.15) is 0 Å². The standard InChI is InChI=1S/C25H29N3O3/c1-18(17-28-13-12-26-19(28)2)25(29)27-22(10-8-20-6-4-3-5-7-20)21-9-11-23-24(16-21)31-15-14-30-23/h3-7,9,11-13,16,18,22H,8,10,14-15,17H2,1-2H3,(H,27,29)/t18-,22-/m0/s1. The minimum atomic E-state index is -0.177. The number of fused-ring (bicyclic) bond motifs is 1. The zero-order valence-corrected chi connectivity index (χ0v) is 18.1. The van der Waals surface area contributed by atoms with E-state index in [0.29, 0.717) is 19.8 Å². The topological polar surface area (TPSA) is 65.4 Å². The molecule has 3 aromatic rings. The second-order valence-electron chi connectivity index (χ2n) is 8.02. The fourth-order valence-electron chi connectivity index (χ4n) is 3.84. The molecule has 6 nitrogen and oxygen atoms in total. The van der Waals surface area contributed by atoms with Gasteiger partial charge in [0.05, 0.1) is 12.0 Å². The van der Waals surface area contributed by atoms with Gasteiger partial charge in [-0.25, -0.2) is 4.98 Å². The van der Waals surface area contributed by atoms with Gasteiger partial charge in [-0.15, -0.1) is 0 Å². The van der Waals surface area contributed by atoms with Crippen LogP contribution in [0.2, 0.25) is 0 Å². The van der Waals surface area contributed by atoms with Gasteiger partial charge in [0.1, 0.15) is 19.0 Å². The van der Waals surface area contributed by atoms with Gasteiger partial charge in [0.15, 0.2) is 11.5 Å². The Balaban J connectivity index is 1.50. The van der Waals surface area contributed by atoms with Crippen LogP contribution in [0.1, 0.15) is 36.3 Å². The number of imidazole rings is 1. The number of aryl methyl sites for hydroxylation is 2. The van der Waals surface area contributed by atoms with Crippen LogP contribution >= 0.6 is 0 Å². The summed E-state index contributed by atoms with van der Waals surface area (Å²) in [6.07, 6.45) is 5.34. The fourth-order valence-corrected chi connectivity index (χ4v) is 3.84. The van der Waals surface area contributed by atoms with Gasteiger partial charge in [0, 0.05) is 18.9 Å². The first-order valence-corrected chi connectivity index (χ1v) is 10.8. The van der Waals surface area contributed by atoms with E-state index >= 15 is 0 Å². The summed E-state index contributed by atoms with van der Waals surface area (Å²) in [5.74, 6) is 2.26. The molecule has 1 aliphatic heterocycles. The maximum absolute atomic E-state index is 13.1. The van der Waals surface area contributed by atoms with E-state index < -0.39 is 0 Å². The molecule has 2 atom stereocenters. The van der Waals surface area contributed by atoms with E-state index in [9.17, 15) is 4.79 Å². The van der Waals surface area contributed by atoms with Gasteiger partial charge in [0.2, 0.25) is 5.91 Å². The summed E-state index contributed by atoms with van der Waals surface area (Å²) in [7, 11) is 0. The van der Waals surface area contributed by atoms with Crippen LogP contribution in [0.25, 0.3) is 0 Å². The Kier molecular flexibility index (Phi) is 6.55. The fraction of sp³-hybridized carbons (Fsp3) is 0.360. The van der Waals surface area contributed by atoms with E-state index in [1.54, 1.807) is 6.20 Å². The Morgan fingerprint density at radius 3 is 2.65 bits per heavy atom. The molecule has 0 saturated carbocycles. The van der Waals surface area contributed by atoms with Crippen LogP contribution in [0.5, 0.6) is 11.5 Å². The number of benzene rings is 2. The van der Waals surface area contributed by atoms with Crippen molar-refractivity contribution < 1.29 is 14.3 Å². The highest BCUT2D eigenvalue weighted by molar-refractivity contribution is 5.78. The molecule has 0 fully saturated rings. The highest BCUT2D eigenvalue weighted by atomic mass is 16.6. The molecule has 2 aromatic carbocycles. The second kappa shape index (κ2) is 9.69. The van der Waals surface area contributed by atoms with Crippen LogP contribution < -0.4 is 14.8 Å². The molecule has 0 aliphatic carbocycles. The Morgan fingerprint density at radius 1 is 1.13 bits per heavy atom. The van der Waals surface area contributed by atoms with Crippen molar-refractivity contribution in [1.29, 1.82) is 0 Å². The highest BCUT2D eigenvalue weighted by Crippen LogP contribution is 2.33. The first-order valence-electron chi connectivity index (χ1n) is 10.8. The van der Waals surface area contributed by atoms with E-state index in [2.05, 4.69) is 22.4 Å². The third-order valence-corrected chi connectivity index (χ3v) is 5.69. The molecule has 6 heteroatoms. The minimum Gasteiger partial charge on any atom is -0.486 e. The Bertz CT molecular complexity index is 1020. The smallest absolute Gasteiger partial charge is 0.225 e. The average molecular weight is 420 g/mol. The van der Waals surface area contributed by atoms with Crippen molar-refractivity contribution >= 4 is 5.91 Å². The molecule has 1 N–H and O–H groups in total. The van der Waals surface area contributed by atoms with Gasteiger partial charge in [0.25, 0.3) is 0 Å². The SMILES string of the molecule is Cc1nccn1C[C@H](C)C(=O)N[C@@H](CCc1ccccc1)c1ccc2c(c1)OCCO2. The first kappa shape index (κ1) is 21.0. The molecule has 1 amide bonds. The van der Waals surface area contributed by atoms with Crippen LogP contribution in [0, 0.1) is 12.8 Å². The van der Waals surface area contributed by atoms with E-state index in [1.165, 1.54) is 5.56 Å². The van der Waals surface area contributed by atoms with Crippen molar-refractivity contribution in [3.05, 3.63) is 77.9 Å². The van der Waals surface area contributed by atoms with Crippen molar-refractivity contribution in [2.75, 3.05) is 13.2 Å². The van der Waals surface area contributed by atoms with Crippen molar-refractivity contribution in [2.45, 2.75) is 39.3 Å². The average Bonchev–Trinajstić information content (AvgIpc) is 3.21. The van der Waals surface area contributed by atoms with Crippen LogP contribution in [0.4, 0.5) is 0 Å². The number of nitrogens with one attached hydrogen (secondary N) is 1. The van der Waals surface area contributed by atoms with Gasteiger partial charge >= 0.3 is 0 Å². The third-order valence-electron chi connectivity index (χ3n) is 5.69. The monoisotopic (exact) mass is 419 g/mol. The maximum atomic E-state index is 13.1. The molecule has 1 aliphatic rings. The van der Waals surface area contributed by atoms with Crippen molar-refractivity contribution in [2.24, 2.45) is 5.92 Å². The summed E-state index contributed by atoms with van der Waals surface area (Å²) in [5, 5.41) is 3.27. The molecule has 0 bridgehead atoms. The summed E-state index contributed by atoms with van der Waals surface area (Å²) in [6, 6.07) is 16.2. The van der Waals surface area contributed by atoms with E-state index in [0.717, 1.165) is 35.7 Å². The van der Waals surface area contributed by atoms with E-state index in [1.807, 2.05) is 61.0 Å². The van der Waals surface area contributed by atoms with Crippen LogP contribution in [-0.2, 0) is 17.8 Å². The maximum Gasteiger partial charge on any atom is 0.225 e. The van der Waals surface area contributed by atoms with Gasteiger partial charge in [-0.3, -0.25) is 4.79 Å². The number of rotatable bonds is 8. The number of carbonyl (C=O) groups excluding carboxylic acids is 1. The van der Waals surface area contributed by atoms with Crippen molar-refractivity contribution in [3.8, 4) is 11.5 Å². The molecular formula is C25H29N3O3. The predicted octanol–water partition coefficient (Wildman–Crippen LogP) is 4.09. The molecule has 162 valence electrons. The van der Waals surface area contributed by atoms with Gasteiger partial charge in [-0.05, 0) is 43.0 Å². The Labute approximate surface area is 183 Å². The zero-order valence-electron chi connectivity index (χ0n) is 18.1. The van der Waals surface area contributed by atoms with Crippen LogP contribution in [0.15, 0.2) is 60.9 Å². The van der Waals surface area contributed by atoms with Gasteiger partial charge in [-0.1, -0.05) is 43.3 Å². The molecule has 4 rings (SSSR count). The summed E-state index contributed by atoms with van der Waals surface area (Å²) >= 11 is 0. The number of hydrogen-bond acceptors (Lipinski definition) is 4. The number of hydrogen-bond donors (Lipinski definition) is 1. The second-order valence-corrected chi connectivity index (χ2v) is 8.02. The summed E-state index contributed by atoms with van der Waals surface area (Å²) in [4.78, 5) is 17.3. The Morgan fingerprint density at radius 2 is 1.90 bits per heavy atom. The predicted molar refractivity (Wildman–Crippen MR) is 119 cm³/mol. The van der Waals surface area contributed by atoms with Crippen molar-refractivity contribution in [3.63, 3.8) is 0 Å². The molecule has 2 heterocycles. The summed E-state index contributed by atoms with van der Waals surface area (Å²) in [5.41, 5.74) is 2.28. The van der Waals surface area contributed by atoms with E-state index in [4.69, 9.17) is 9.47 Å². The number of nitrogens with zero attached hydrogens (tertiary/aromatic N) is 2. The lowest BCUT2D eigenvalue weighted by Crippen LogP contribution is -2.35. The molecule has 0 unspecified atom stereocenters. The molecule has 1 aromatic heterocycles. The quantitative estimate of drug-likeness (QED) is 0.597. The lowest BCUT2D eigenvalue weighted by atomic mass is 9.97. The molecule has 0 saturated heterocycles. The summed E-state index contributed by atoms with van der Waals surface area (Å²) < 4.78 is 13.4. The number of carbonyl (C=O) groups is 1. The first-order chi connectivity index (χ1) is 15.1. The Hall–Kier alpha value is -3.28. The molecular weight excluding hydrogens is 390 g/mol. The number of aromatic nitrogens is 2. The lowest BCUT2D eigenvalue weighted by molar-refractivity contribution is -0.125. The molecule has 31 heavy (non-hydrogen) atoms. The number of amides is 1. The highest BCUT2D eigenvalue weighted by Gasteiger charge is 2.22. The lowest BCUT2D eigenvalue weighted by Gasteiger charge is -2.24. The van der Waals surface area contributed by atoms with E-state index in [-0.39, 0.29) is 17.9 Å². The summed E-state index contributed by atoms with van der Waals surface area (Å²) in [6.45, 7) is 5.60.